The molecule has 0 aromatic rings. The lowest BCUT2D eigenvalue weighted by atomic mass is 10.4. The summed E-state index contributed by atoms with van der Waals surface area (Å²) in [4.78, 5) is 0. The van der Waals surface area contributed by atoms with Crippen molar-refractivity contribution in [3.63, 3.8) is 0 Å². The highest BCUT2D eigenvalue weighted by Gasteiger charge is 1.86. The van der Waals surface area contributed by atoms with Gasteiger partial charge in [-0.3, -0.25) is 0 Å². The van der Waals surface area contributed by atoms with Crippen molar-refractivity contribution < 1.29 is 4.74 Å². The lowest BCUT2D eigenvalue weighted by molar-refractivity contribution is 0.253. The SMILES string of the molecule is CC1=CC#CCO1. The average Bonchev–Trinajstić information content (AvgIpc) is 1.69. The summed E-state index contributed by atoms with van der Waals surface area (Å²) in [5, 5.41) is 0. The van der Waals surface area contributed by atoms with Crippen LogP contribution in [0.3, 0.4) is 0 Å². The van der Waals surface area contributed by atoms with Crippen LogP contribution in [-0.2, 0) is 4.74 Å². The molecule has 0 radical (unpaired) electrons. The zero-order chi connectivity index (χ0) is 5.11. The Morgan fingerprint density at radius 2 is 2.71 bits per heavy atom. The van der Waals surface area contributed by atoms with Crippen LogP contribution in [0, 0.1) is 11.8 Å². The minimum absolute atomic E-state index is 0.558. The van der Waals surface area contributed by atoms with Gasteiger partial charge in [-0.15, -0.1) is 0 Å². The summed E-state index contributed by atoms with van der Waals surface area (Å²) >= 11 is 0. The molecule has 0 atom stereocenters. The lowest BCUT2D eigenvalue weighted by Crippen LogP contribution is -1.91. The van der Waals surface area contributed by atoms with Crippen molar-refractivity contribution in [1.29, 1.82) is 0 Å². The molecular formula is C6H6O. The Kier molecular flexibility index (Phi) is 1.04. The number of hydrogen-bond donors (Lipinski definition) is 0. The predicted molar refractivity (Wildman–Crippen MR) is 27.5 cm³/mol. The Bertz CT molecular complexity index is 145. The summed E-state index contributed by atoms with van der Waals surface area (Å²) in [6.45, 7) is 2.45. The topological polar surface area (TPSA) is 9.23 Å². The van der Waals surface area contributed by atoms with E-state index < -0.39 is 0 Å². The molecule has 0 N–H and O–H groups in total. The molecule has 1 aliphatic heterocycles. The van der Waals surface area contributed by atoms with E-state index >= 15 is 0 Å². The zero-order valence-corrected chi connectivity index (χ0v) is 4.19. The van der Waals surface area contributed by atoms with E-state index in [1.807, 2.05) is 6.92 Å². The van der Waals surface area contributed by atoms with Gasteiger partial charge in [0.05, 0.1) is 0 Å². The molecule has 7 heavy (non-hydrogen) atoms. The summed E-state index contributed by atoms with van der Waals surface area (Å²) in [5.41, 5.74) is 0. The summed E-state index contributed by atoms with van der Waals surface area (Å²) in [6.07, 6.45) is 1.77. The van der Waals surface area contributed by atoms with Gasteiger partial charge in [0.2, 0.25) is 0 Å². The summed E-state index contributed by atoms with van der Waals surface area (Å²) in [7, 11) is 0. The van der Waals surface area contributed by atoms with Gasteiger partial charge in [0.1, 0.15) is 12.4 Å². The van der Waals surface area contributed by atoms with Crippen molar-refractivity contribution in [2.75, 3.05) is 6.61 Å². The largest absolute Gasteiger partial charge is 0.485 e. The van der Waals surface area contributed by atoms with Crippen molar-refractivity contribution in [2.24, 2.45) is 0 Å². The Morgan fingerprint density at radius 1 is 1.86 bits per heavy atom. The number of ether oxygens (including phenoxy) is 1. The molecule has 0 aromatic carbocycles. The van der Waals surface area contributed by atoms with Crippen LogP contribution in [0.15, 0.2) is 11.8 Å². The molecule has 0 bridgehead atoms. The van der Waals surface area contributed by atoms with E-state index in [1.54, 1.807) is 6.08 Å². The van der Waals surface area contributed by atoms with E-state index in [0.29, 0.717) is 6.61 Å². The van der Waals surface area contributed by atoms with Gasteiger partial charge in [-0.1, -0.05) is 11.8 Å². The third kappa shape index (κ3) is 0.972. The van der Waals surface area contributed by atoms with Crippen LogP contribution in [0.2, 0.25) is 0 Å². The van der Waals surface area contributed by atoms with Crippen molar-refractivity contribution in [2.45, 2.75) is 6.92 Å². The first kappa shape index (κ1) is 4.26. The van der Waals surface area contributed by atoms with E-state index in [2.05, 4.69) is 11.8 Å². The second-order valence-corrected chi connectivity index (χ2v) is 1.36. The van der Waals surface area contributed by atoms with Crippen molar-refractivity contribution >= 4 is 0 Å². The maximum atomic E-state index is 4.97. The Labute approximate surface area is 43.0 Å². The number of rotatable bonds is 0. The average molecular weight is 94.1 g/mol. The molecule has 36 valence electrons. The van der Waals surface area contributed by atoms with E-state index in [-0.39, 0.29) is 0 Å². The Hall–Kier alpha value is -0.900. The molecule has 0 spiro atoms. The van der Waals surface area contributed by atoms with Crippen LogP contribution < -0.4 is 0 Å². The van der Waals surface area contributed by atoms with Gasteiger partial charge < -0.3 is 4.74 Å². The van der Waals surface area contributed by atoms with Crippen LogP contribution in [-0.4, -0.2) is 6.61 Å². The van der Waals surface area contributed by atoms with Crippen LogP contribution >= 0.6 is 0 Å². The first-order valence-electron chi connectivity index (χ1n) is 2.17. The molecule has 0 amide bonds. The molecular weight excluding hydrogens is 88.1 g/mol. The molecule has 1 heteroatoms. The van der Waals surface area contributed by atoms with Crippen LogP contribution in [0.4, 0.5) is 0 Å². The molecule has 1 aliphatic rings. The van der Waals surface area contributed by atoms with Gasteiger partial charge in [-0.05, 0) is 6.92 Å². The van der Waals surface area contributed by atoms with Crippen LogP contribution in [0.5, 0.6) is 0 Å². The van der Waals surface area contributed by atoms with Gasteiger partial charge in [0.15, 0.2) is 0 Å². The zero-order valence-electron chi connectivity index (χ0n) is 4.19. The first-order chi connectivity index (χ1) is 3.39. The second-order valence-electron chi connectivity index (χ2n) is 1.36. The second kappa shape index (κ2) is 1.70. The standard InChI is InChI=1S/C6H6O/c1-6-4-2-3-5-7-6/h4H,5H2,1H3. The van der Waals surface area contributed by atoms with Gasteiger partial charge in [-0.25, -0.2) is 0 Å². The highest BCUT2D eigenvalue weighted by molar-refractivity contribution is 5.20. The fourth-order valence-corrected chi connectivity index (χ4v) is 0.386. The molecule has 0 saturated carbocycles. The third-order valence-electron chi connectivity index (χ3n) is 0.750. The van der Waals surface area contributed by atoms with E-state index in [4.69, 9.17) is 4.74 Å². The summed E-state index contributed by atoms with van der Waals surface area (Å²) < 4.78 is 4.97. The first-order valence-corrected chi connectivity index (χ1v) is 2.17. The molecule has 0 aliphatic carbocycles. The summed E-state index contributed by atoms with van der Waals surface area (Å²) in [6, 6.07) is 0. The highest BCUT2D eigenvalue weighted by Crippen LogP contribution is 1.95. The van der Waals surface area contributed by atoms with Gasteiger partial charge in [-0.2, -0.15) is 0 Å². The molecule has 0 fully saturated rings. The van der Waals surface area contributed by atoms with E-state index in [1.165, 1.54) is 0 Å². The minimum atomic E-state index is 0.558. The lowest BCUT2D eigenvalue weighted by Gasteiger charge is -2.00. The summed E-state index contributed by atoms with van der Waals surface area (Å²) in [5.74, 6) is 6.48. The quantitative estimate of drug-likeness (QED) is 0.406. The van der Waals surface area contributed by atoms with Crippen molar-refractivity contribution in [1.82, 2.24) is 0 Å². The van der Waals surface area contributed by atoms with Crippen molar-refractivity contribution in [3.8, 4) is 11.8 Å². The van der Waals surface area contributed by atoms with Crippen LogP contribution in [0.25, 0.3) is 0 Å². The fraction of sp³-hybridized carbons (Fsp3) is 0.333. The van der Waals surface area contributed by atoms with Crippen LogP contribution in [0.1, 0.15) is 6.92 Å². The molecule has 0 aromatic heterocycles. The highest BCUT2D eigenvalue weighted by atomic mass is 16.5. The monoisotopic (exact) mass is 94.0 g/mol. The minimum Gasteiger partial charge on any atom is -0.485 e. The number of allylic oxidation sites excluding steroid dienone is 2. The van der Waals surface area contributed by atoms with E-state index in [9.17, 15) is 0 Å². The normalized spacial score (nSPS) is 15.9. The fourth-order valence-electron chi connectivity index (χ4n) is 0.386. The molecule has 1 heterocycles. The molecule has 1 nitrogen and oxygen atoms in total. The van der Waals surface area contributed by atoms with Gasteiger partial charge >= 0.3 is 0 Å². The number of hydrogen-bond acceptors (Lipinski definition) is 1. The Morgan fingerprint density at radius 3 is 3.00 bits per heavy atom. The van der Waals surface area contributed by atoms with Gasteiger partial charge in [0, 0.05) is 6.08 Å². The van der Waals surface area contributed by atoms with E-state index in [0.717, 1.165) is 5.76 Å². The third-order valence-corrected chi connectivity index (χ3v) is 0.750. The Balaban J connectivity index is 2.67. The smallest absolute Gasteiger partial charge is 0.148 e. The predicted octanol–water partition coefficient (Wildman–Crippen LogP) is 0.924. The van der Waals surface area contributed by atoms with Crippen molar-refractivity contribution in [3.05, 3.63) is 11.8 Å². The van der Waals surface area contributed by atoms with Gasteiger partial charge in [0.25, 0.3) is 0 Å². The maximum Gasteiger partial charge on any atom is 0.148 e. The molecule has 0 saturated heterocycles. The molecule has 0 unspecified atom stereocenters. The molecule has 1 rings (SSSR count). The maximum absolute atomic E-state index is 4.97.